The van der Waals surface area contributed by atoms with Gasteiger partial charge in [0.1, 0.15) is 13.2 Å². The third-order valence-corrected chi connectivity index (χ3v) is 12.8. The van der Waals surface area contributed by atoms with Gasteiger partial charge in [-0.15, -0.1) is 0 Å². The minimum Gasteiger partial charge on any atom is -0.756 e. The number of carbonyl (C=O) groups is 1. The maximum Gasteiger partial charge on any atom is 0.268 e. The van der Waals surface area contributed by atoms with E-state index in [0.717, 1.165) is 70.6 Å². The fourth-order valence-electron chi connectivity index (χ4n) is 7.54. The first-order valence-electron chi connectivity index (χ1n) is 27.3. The molecule has 0 aromatic carbocycles. The molecule has 0 rings (SSSR count). The molecule has 66 heavy (non-hydrogen) atoms. The van der Waals surface area contributed by atoms with Crippen molar-refractivity contribution in [1.82, 2.24) is 5.32 Å². The molecule has 384 valence electrons. The van der Waals surface area contributed by atoms with Gasteiger partial charge in [0.25, 0.3) is 7.82 Å². The van der Waals surface area contributed by atoms with Gasteiger partial charge in [0.2, 0.25) is 5.91 Å². The Morgan fingerprint density at radius 3 is 1.36 bits per heavy atom. The molecule has 9 heteroatoms. The Kier molecular flexibility index (Phi) is 46.5. The van der Waals surface area contributed by atoms with E-state index in [4.69, 9.17) is 9.05 Å². The second kappa shape index (κ2) is 48.0. The van der Waals surface area contributed by atoms with Gasteiger partial charge in [0, 0.05) is 6.42 Å². The summed E-state index contributed by atoms with van der Waals surface area (Å²) in [5.41, 5.74) is 0. The summed E-state index contributed by atoms with van der Waals surface area (Å²) in [7, 11) is 1.22. The molecular weight excluding hydrogens is 840 g/mol. The lowest BCUT2D eigenvalue weighted by Crippen LogP contribution is -2.45. The van der Waals surface area contributed by atoms with E-state index in [9.17, 15) is 19.4 Å². The number of unbranched alkanes of at least 4 members (excludes halogenated alkanes) is 26. The highest BCUT2D eigenvalue weighted by molar-refractivity contribution is 7.45. The minimum absolute atomic E-state index is 0.0149. The molecule has 8 nitrogen and oxygen atoms in total. The second-order valence-corrected chi connectivity index (χ2v) is 21.0. The zero-order chi connectivity index (χ0) is 48.5. The van der Waals surface area contributed by atoms with Crippen LogP contribution in [0.2, 0.25) is 0 Å². The van der Waals surface area contributed by atoms with Crippen molar-refractivity contribution in [3.05, 3.63) is 72.9 Å². The van der Waals surface area contributed by atoms with Crippen molar-refractivity contribution in [2.45, 2.75) is 244 Å². The van der Waals surface area contributed by atoms with E-state index in [1.807, 2.05) is 27.2 Å². The van der Waals surface area contributed by atoms with Gasteiger partial charge < -0.3 is 28.8 Å². The number of amides is 1. The van der Waals surface area contributed by atoms with E-state index in [-0.39, 0.29) is 12.5 Å². The lowest BCUT2D eigenvalue weighted by atomic mass is 10.0. The first kappa shape index (κ1) is 63.9. The number of hydrogen-bond acceptors (Lipinski definition) is 6. The molecule has 0 fully saturated rings. The van der Waals surface area contributed by atoms with Crippen LogP contribution >= 0.6 is 7.82 Å². The maximum atomic E-state index is 12.9. The van der Waals surface area contributed by atoms with Crippen molar-refractivity contribution in [2.75, 3.05) is 40.9 Å². The summed E-state index contributed by atoms with van der Waals surface area (Å²) in [6.07, 6.45) is 65.4. The Bertz CT molecular complexity index is 1300. The molecule has 0 aromatic heterocycles. The molecule has 0 radical (unpaired) electrons. The lowest BCUT2D eigenvalue weighted by molar-refractivity contribution is -0.870. The van der Waals surface area contributed by atoms with Gasteiger partial charge >= 0.3 is 0 Å². The van der Waals surface area contributed by atoms with E-state index in [2.05, 4.69) is 79.9 Å². The minimum atomic E-state index is -4.61. The second-order valence-electron chi connectivity index (χ2n) is 19.6. The van der Waals surface area contributed by atoms with E-state index in [0.29, 0.717) is 17.4 Å². The van der Waals surface area contributed by atoms with Gasteiger partial charge in [-0.25, -0.2) is 0 Å². The van der Waals surface area contributed by atoms with Gasteiger partial charge in [-0.3, -0.25) is 9.36 Å². The number of nitrogens with zero attached hydrogens (tertiary/aromatic N) is 1. The zero-order valence-corrected chi connectivity index (χ0v) is 44.5. The highest BCUT2D eigenvalue weighted by atomic mass is 31.2. The zero-order valence-electron chi connectivity index (χ0n) is 43.6. The molecule has 0 aliphatic heterocycles. The standard InChI is InChI=1S/C57H105N2O6P/c1-6-8-10-12-14-16-18-20-22-24-26-27-28-29-30-31-33-34-36-38-40-42-44-46-48-50-56(60)55(54-65-66(62,63)64-53-52-59(3,4)5)58-57(61)51-49-47-45-43-41-39-37-35-32-25-23-21-19-17-15-13-11-9-7-2/h15,17,21,23,32-35,40,42,48,50,55-56,60H,6-14,16,18-20,22,24-31,36-39,41,43-47,49,51-54H2,1-5H3,(H-,58,61,62,63)/b17-15-,23-21-,34-33+,35-32-,42-40+,50-48+. The summed E-state index contributed by atoms with van der Waals surface area (Å²) in [5.74, 6) is -0.225. The van der Waals surface area contributed by atoms with Crippen molar-refractivity contribution < 1.29 is 32.9 Å². The van der Waals surface area contributed by atoms with Gasteiger partial charge in [0.05, 0.1) is 39.9 Å². The number of likely N-dealkylation sites (N-methyl/N-ethyl adjacent to an activating group) is 1. The van der Waals surface area contributed by atoms with Crippen LogP contribution in [0.4, 0.5) is 0 Å². The molecule has 0 saturated carbocycles. The van der Waals surface area contributed by atoms with Crippen molar-refractivity contribution in [1.29, 1.82) is 0 Å². The van der Waals surface area contributed by atoms with E-state index < -0.39 is 26.6 Å². The largest absolute Gasteiger partial charge is 0.756 e. The number of aliphatic hydroxyl groups is 1. The molecule has 0 aliphatic carbocycles. The van der Waals surface area contributed by atoms with Crippen LogP contribution < -0.4 is 10.2 Å². The number of rotatable bonds is 49. The number of carbonyl (C=O) groups excluding carboxylic acids is 1. The fourth-order valence-corrected chi connectivity index (χ4v) is 8.27. The number of hydrogen-bond donors (Lipinski definition) is 2. The van der Waals surface area contributed by atoms with Gasteiger partial charge in [-0.2, -0.15) is 0 Å². The normalized spacial score (nSPS) is 14.6. The third-order valence-electron chi connectivity index (χ3n) is 11.9. The number of phosphoric ester groups is 1. The predicted molar refractivity (Wildman–Crippen MR) is 284 cm³/mol. The topological polar surface area (TPSA) is 108 Å². The summed E-state index contributed by atoms with van der Waals surface area (Å²) in [4.78, 5) is 25.4. The van der Waals surface area contributed by atoms with Gasteiger partial charge in [-0.1, -0.05) is 215 Å². The van der Waals surface area contributed by atoms with Gasteiger partial charge in [-0.05, 0) is 83.5 Å². The number of nitrogens with one attached hydrogen (secondary N) is 1. The summed E-state index contributed by atoms with van der Waals surface area (Å²) < 4.78 is 23.3. The highest BCUT2D eigenvalue weighted by Crippen LogP contribution is 2.38. The number of quaternary nitrogens is 1. The van der Waals surface area contributed by atoms with Crippen LogP contribution in [0.25, 0.3) is 0 Å². The summed E-state index contributed by atoms with van der Waals surface area (Å²) in [6.45, 7) is 4.59. The van der Waals surface area contributed by atoms with Crippen LogP contribution in [0.15, 0.2) is 72.9 Å². The number of phosphoric acid groups is 1. The first-order valence-corrected chi connectivity index (χ1v) is 28.8. The van der Waals surface area contributed by atoms with Crippen LogP contribution in [0, 0.1) is 0 Å². The number of aliphatic hydroxyl groups excluding tert-OH is 1. The molecular formula is C57H105N2O6P. The molecule has 2 N–H and O–H groups in total. The molecule has 0 spiro atoms. The summed E-state index contributed by atoms with van der Waals surface area (Å²) >= 11 is 0. The Hall–Kier alpha value is -2.06. The summed E-state index contributed by atoms with van der Waals surface area (Å²) in [5, 5.41) is 13.8. The Labute approximate surface area is 408 Å². The third kappa shape index (κ3) is 49.8. The van der Waals surface area contributed by atoms with Crippen LogP contribution in [-0.2, 0) is 18.4 Å². The van der Waals surface area contributed by atoms with E-state index in [1.165, 1.54) is 141 Å². The average molecular weight is 945 g/mol. The fraction of sp³-hybridized carbons (Fsp3) is 0.772. The summed E-state index contributed by atoms with van der Waals surface area (Å²) in [6, 6.07) is -0.921. The molecule has 3 unspecified atom stereocenters. The predicted octanol–water partition coefficient (Wildman–Crippen LogP) is 15.7. The molecule has 0 aromatic rings. The quantitative estimate of drug-likeness (QED) is 0.0272. The Morgan fingerprint density at radius 1 is 0.530 bits per heavy atom. The average Bonchev–Trinajstić information content (AvgIpc) is 3.28. The van der Waals surface area contributed by atoms with Crippen molar-refractivity contribution in [3.63, 3.8) is 0 Å². The molecule has 3 atom stereocenters. The van der Waals surface area contributed by atoms with Crippen molar-refractivity contribution in [3.8, 4) is 0 Å². The van der Waals surface area contributed by atoms with Crippen molar-refractivity contribution in [2.24, 2.45) is 0 Å². The van der Waals surface area contributed by atoms with Crippen LogP contribution in [0.3, 0.4) is 0 Å². The lowest BCUT2D eigenvalue weighted by Gasteiger charge is -2.29. The SMILES string of the molecule is CCCCC/C=C\C/C=C\C/C=C\CCCCCCCCC(=O)NC(COP(=O)([O-])OCC[N+](C)(C)C)C(O)/C=C/CC/C=C/CC/C=C/CCCCCCCCCCCCCCCCC. The molecule has 0 heterocycles. The van der Waals surface area contributed by atoms with Crippen LogP contribution in [0.1, 0.15) is 232 Å². The monoisotopic (exact) mass is 945 g/mol. The smallest absolute Gasteiger partial charge is 0.268 e. The highest BCUT2D eigenvalue weighted by Gasteiger charge is 2.23. The molecule has 0 bridgehead atoms. The van der Waals surface area contributed by atoms with Crippen LogP contribution in [-0.4, -0.2) is 68.5 Å². The van der Waals surface area contributed by atoms with E-state index in [1.54, 1.807) is 6.08 Å². The maximum absolute atomic E-state index is 12.9. The van der Waals surface area contributed by atoms with Crippen molar-refractivity contribution >= 4 is 13.7 Å². The molecule has 1 amide bonds. The molecule has 0 aliphatic rings. The Morgan fingerprint density at radius 2 is 0.894 bits per heavy atom. The first-order chi connectivity index (χ1) is 32.0. The van der Waals surface area contributed by atoms with Crippen LogP contribution in [0.5, 0.6) is 0 Å². The molecule has 0 saturated heterocycles. The van der Waals surface area contributed by atoms with Gasteiger partial charge in [0.15, 0.2) is 0 Å². The number of allylic oxidation sites excluding steroid dienone is 11. The Balaban J connectivity index is 4.37. The van der Waals surface area contributed by atoms with E-state index >= 15 is 0 Å².